The zero-order valence-electron chi connectivity index (χ0n) is 17.9. The van der Waals surface area contributed by atoms with Gasteiger partial charge in [-0.25, -0.2) is 10.7 Å². The molecule has 0 atom stereocenters. The van der Waals surface area contributed by atoms with Crippen LogP contribution in [-0.2, 0) is 19.3 Å². The molecule has 0 aromatic heterocycles. The quantitative estimate of drug-likeness (QED) is 0.222. The van der Waals surface area contributed by atoms with E-state index in [9.17, 15) is 19.2 Å². The van der Waals surface area contributed by atoms with Crippen molar-refractivity contribution in [2.75, 3.05) is 14.1 Å². The van der Waals surface area contributed by atoms with Crippen molar-refractivity contribution in [3.63, 3.8) is 0 Å². The zero-order chi connectivity index (χ0) is 23.7. The fourth-order valence-corrected chi connectivity index (χ4v) is 2.18. The van der Waals surface area contributed by atoms with Crippen LogP contribution in [0.5, 0.6) is 0 Å². The van der Waals surface area contributed by atoms with Gasteiger partial charge in [-0.1, -0.05) is 12.1 Å². The molecule has 12 nitrogen and oxygen atoms in total. The zero-order valence-corrected chi connectivity index (χ0v) is 17.9. The van der Waals surface area contributed by atoms with Crippen LogP contribution < -0.4 is 28.2 Å². The van der Waals surface area contributed by atoms with Crippen LogP contribution in [-0.4, -0.2) is 54.0 Å². The predicted octanol–water partition coefficient (Wildman–Crippen LogP) is -1.04. The first-order chi connectivity index (χ1) is 13.9. The standard InChI is InChI=1S/C13H14N2O4.C5H12N2O2.H4N2/c1-13(2,12(18)14-3)19-15-10(16)8-6-4-5-7-9(8)11(15)17;1-5(2,9-6)4(8)7-3;1-2/h4-7H,1-3H3,(H,14,18);6H2,1-3H3,(H,7,8);1-2H2. The van der Waals surface area contributed by atoms with E-state index < -0.39 is 28.9 Å². The number of hydrogen-bond acceptors (Lipinski definition) is 9. The van der Waals surface area contributed by atoms with Gasteiger partial charge in [-0.2, -0.15) is 0 Å². The van der Waals surface area contributed by atoms with E-state index in [2.05, 4.69) is 27.2 Å². The average molecular weight is 426 g/mol. The van der Waals surface area contributed by atoms with E-state index in [4.69, 9.17) is 10.7 Å². The number of nitrogens with one attached hydrogen (secondary N) is 2. The molecular formula is C18H30N6O6. The number of nitrogens with two attached hydrogens (primary N) is 3. The third kappa shape index (κ3) is 6.30. The van der Waals surface area contributed by atoms with Gasteiger partial charge in [-0.15, -0.1) is 5.06 Å². The number of hydrogen-bond donors (Lipinski definition) is 5. The van der Waals surface area contributed by atoms with E-state index in [1.54, 1.807) is 38.1 Å². The first-order valence-electron chi connectivity index (χ1n) is 8.75. The van der Waals surface area contributed by atoms with E-state index in [-0.39, 0.29) is 17.0 Å². The van der Waals surface area contributed by atoms with Crippen molar-refractivity contribution in [3.8, 4) is 0 Å². The van der Waals surface area contributed by atoms with Gasteiger partial charge in [-0.05, 0) is 39.8 Å². The van der Waals surface area contributed by atoms with Gasteiger partial charge in [0, 0.05) is 14.1 Å². The third-order valence-corrected chi connectivity index (χ3v) is 3.92. The van der Waals surface area contributed by atoms with Crippen LogP contribution in [0.2, 0.25) is 0 Å². The van der Waals surface area contributed by atoms with Crippen molar-refractivity contribution >= 4 is 23.6 Å². The fraction of sp³-hybridized carbons (Fsp3) is 0.444. The maximum absolute atomic E-state index is 12.0. The molecule has 0 fully saturated rings. The van der Waals surface area contributed by atoms with Crippen molar-refractivity contribution in [2.45, 2.75) is 38.9 Å². The van der Waals surface area contributed by atoms with E-state index >= 15 is 0 Å². The highest BCUT2D eigenvalue weighted by Gasteiger charge is 2.42. The second kappa shape index (κ2) is 11.3. The number of rotatable bonds is 5. The number of carbonyl (C=O) groups is 4. The number of likely N-dealkylation sites (N-methyl/N-ethyl adjacent to an activating group) is 2. The van der Waals surface area contributed by atoms with Crippen molar-refractivity contribution < 1.29 is 28.9 Å². The molecule has 0 aliphatic carbocycles. The number of benzene rings is 1. The summed E-state index contributed by atoms with van der Waals surface area (Å²) in [7, 11) is 2.99. The summed E-state index contributed by atoms with van der Waals surface area (Å²) in [6.07, 6.45) is 0. The molecule has 2 rings (SSSR count). The number of hydrazine groups is 1. The highest BCUT2D eigenvalue weighted by molar-refractivity contribution is 6.20. The summed E-state index contributed by atoms with van der Waals surface area (Å²) >= 11 is 0. The highest BCUT2D eigenvalue weighted by Crippen LogP contribution is 2.25. The van der Waals surface area contributed by atoms with Crippen LogP contribution in [0.15, 0.2) is 24.3 Å². The van der Waals surface area contributed by atoms with Crippen molar-refractivity contribution in [3.05, 3.63) is 35.4 Å². The van der Waals surface area contributed by atoms with Crippen LogP contribution >= 0.6 is 0 Å². The number of hydroxylamine groups is 2. The minimum atomic E-state index is -1.32. The molecule has 1 aliphatic rings. The second-order valence-corrected chi connectivity index (χ2v) is 6.84. The topological polar surface area (TPSA) is 192 Å². The van der Waals surface area contributed by atoms with Crippen molar-refractivity contribution in [1.29, 1.82) is 0 Å². The minimum Gasteiger partial charge on any atom is -0.357 e. The molecule has 0 spiro atoms. The van der Waals surface area contributed by atoms with Gasteiger partial charge in [0.05, 0.1) is 11.1 Å². The number of nitrogens with zero attached hydrogens (tertiary/aromatic N) is 1. The van der Waals surface area contributed by atoms with Gasteiger partial charge in [0.25, 0.3) is 23.6 Å². The van der Waals surface area contributed by atoms with Gasteiger partial charge in [0.1, 0.15) is 0 Å². The first-order valence-corrected chi connectivity index (χ1v) is 8.75. The summed E-state index contributed by atoms with van der Waals surface area (Å²) in [5.41, 5.74) is -1.68. The first kappa shape index (κ1) is 27.1. The SMILES string of the molecule is CNC(=O)C(C)(C)ON.CNC(=O)C(C)(C)ON1C(=O)c2ccccc2C1=O.NN. The average Bonchev–Trinajstić information content (AvgIpc) is 2.99. The lowest BCUT2D eigenvalue weighted by molar-refractivity contribution is -0.185. The Morgan fingerprint density at radius 2 is 1.23 bits per heavy atom. The van der Waals surface area contributed by atoms with E-state index in [1.165, 1.54) is 27.9 Å². The summed E-state index contributed by atoms with van der Waals surface area (Å²) in [6.45, 7) is 6.14. The summed E-state index contributed by atoms with van der Waals surface area (Å²) in [6, 6.07) is 6.42. The minimum absolute atomic E-state index is 0.231. The molecule has 0 saturated heterocycles. The Labute approximate surface area is 174 Å². The monoisotopic (exact) mass is 426 g/mol. The molecule has 0 saturated carbocycles. The number of amides is 4. The summed E-state index contributed by atoms with van der Waals surface area (Å²) in [4.78, 5) is 56.1. The lowest BCUT2D eigenvalue weighted by Gasteiger charge is -2.26. The Morgan fingerprint density at radius 1 is 0.867 bits per heavy atom. The number of fused-ring (bicyclic) bond motifs is 1. The summed E-state index contributed by atoms with van der Waals surface area (Å²) in [5.74, 6) is 11.0. The molecule has 0 radical (unpaired) electrons. The van der Waals surface area contributed by atoms with Gasteiger partial charge < -0.3 is 10.6 Å². The Hall–Kier alpha value is -2.90. The number of imide groups is 1. The molecule has 168 valence electrons. The normalized spacial score (nSPS) is 12.8. The van der Waals surface area contributed by atoms with E-state index in [1.807, 2.05) is 0 Å². The maximum atomic E-state index is 12.0. The molecule has 30 heavy (non-hydrogen) atoms. The highest BCUT2D eigenvalue weighted by atomic mass is 16.7. The Balaban J connectivity index is 0.000000648. The molecule has 1 aromatic rings. The molecule has 4 amide bonds. The fourth-order valence-electron chi connectivity index (χ4n) is 2.18. The molecule has 0 bridgehead atoms. The molecule has 0 unspecified atom stereocenters. The van der Waals surface area contributed by atoms with Crippen LogP contribution in [0.25, 0.3) is 0 Å². The van der Waals surface area contributed by atoms with Crippen LogP contribution in [0.3, 0.4) is 0 Å². The van der Waals surface area contributed by atoms with Crippen LogP contribution in [0.1, 0.15) is 48.4 Å². The second-order valence-electron chi connectivity index (χ2n) is 6.84. The van der Waals surface area contributed by atoms with Gasteiger partial charge in [-0.3, -0.25) is 35.7 Å². The number of carbonyl (C=O) groups excluding carboxylic acids is 4. The lowest BCUT2D eigenvalue weighted by Crippen LogP contribution is -2.48. The predicted molar refractivity (Wildman–Crippen MR) is 108 cm³/mol. The van der Waals surface area contributed by atoms with E-state index in [0.717, 1.165) is 0 Å². The van der Waals surface area contributed by atoms with Gasteiger partial charge in [0.2, 0.25) is 0 Å². The maximum Gasteiger partial charge on any atom is 0.285 e. The Morgan fingerprint density at radius 3 is 1.53 bits per heavy atom. The summed E-state index contributed by atoms with van der Waals surface area (Å²) < 4.78 is 0. The third-order valence-electron chi connectivity index (χ3n) is 3.92. The van der Waals surface area contributed by atoms with Gasteiger partial charge >= 0.3 is 0 Å². The smallest absolute Gasteiger partial charge is 0.285 e. The molecule has 1 aliphatic heterocycles. The van der Waals surface area contributed by atoms with Gasteiger partial charge in [0.15, 0.2) is 11.2 Å². The molecule has 12 heteroatoms. The molecule has 8 N–H and O–H groups in total. The Kier molecular flexibility index (Phi) is 10.2. The molecule has 1 aromatic carbocycles. The van der Waals surface area contributed by atoms with Crippen LogP contribution in [0.4, 0.5) is 0 Å². The molecular weight excluding hydrogens is 396 g/mol. The van der Waals surface area contributed by atoms with E-state index in [0.29, 0.717) is 5.06 Å². The van der Waals surface area contributed by atoms with Crippen molar-refractivity contribution in [2.24, 2.45) is 17.6 Å². The lowest BCUT2D eigenvalue weighted by atomic mass is 10.1. The van der Waals surface area contributed by atoms with Crippen molar-refractivity contribution in [1.82, 2.24) is 15.7 Å². The Bertz CT molecular complexity index is 745. The summed E-state index contributed by atoms with van der Waals surface area (Å²) in [5, 5.41) is 5.47. The largest absolute Gasteiger partial charge is 0.357 e. The molecule has 1 heterocycles. The van der Waals surface area contributed by atoms with Crippen LogP contribution in [0, 0.1) is 0 Å².